The topological polar surface area (TPSA) is 78.0 Å². The molecule has 2 aromatic heterocycles. The average Bonchev–Trinajstić information content (AvgIpc) is 3.31. The molecule has 3 heterocycles. The minimum atomic E-state index is -1.37. The van der Waals surface area contributed by atoms with Crippen LogP contribution in [0.15, 0.2) is 65.8 Å². The average molecular weight is 517 g/mol. The molecule has 1 aliphatic rings. The number of benzene rings is 2. The standard InChI is InChI=1S/C28H29FN6OS/c1-19(2)17-33-10-11-34(37(36)25-9-6-23(14-30)31-16-25)18-28(33)26-13-21-15-32-35(27(21)12-20(26)3)24-7-4-22(29)5-8-24/h4-9,12-13,15-16,19,28H,10-11,17-18H2,1-3H3. The van der Waals surface area contributed by atoms with Crippen LogP contribution in [0.1, 0.15) is 36.7 Å². The van der Waals surface area contributed by atoms with Crippen LogP contribution in [0, 0.1) is 30.0 Å². The van der Waals surface area contributed by atoms with E-state index in [1.54, 1.807) is 24.3 Å². The molecule has 0 amide bonds. The van der Waals surface area contributed by atoms with Crippen LogP contribution in [0.5, 0.6) is 0 Å². The molecule has 9 heteroatoms. The van der Waals surface area contributed by atoms with Crippen LogP contribution in [-0.4, -0.2) is 54.4 Å². The monoisotopic (exact) mass is 516 g/mol. The fourth-order valence-corrected chi connectivity index (χ4v) is 6.12. The van der Waals surface area contributed by atoms with Gasteiger partial charge in [-0.15, -0.1) is 0 Å². The number of fused-ring (bicyclic) bond motifs is 1. The molecule has 0 aliphatic carbocycles. The largest absolute Gasteiger partial charge is 0.293 e. The van der Waals surface area contributed by atoms with E-state index in [0.29, 0.717) is 29.6 Å². The van der Waals surface area contributed by atoms with E-state index < -0.39 is 11.0 Å². The van der Waals surface area contributed by atoms with E-state index in [1.165, 1.54) is 23.9 Å². The van der Waals surface area contributed by atoms with Gasteiger partial charge in [-0.05, 0) is 72.5 Å². The van der Waals surface area contributed by atoms with Gasteiger partial charge in [-0.3, -0.25) is 4.90 Å². The predicted octanol–water partition coefficient (Wildman–Crippen LogP) is 4.78. The summed E-state index contributed by atoms with van der Waals surface area (Å²) in [5, 5.41) is 14.6. The lowest BCUT2D eigenvalue weighted by Gasteiger charge is -2.42. The zero-order chi connectivity index (χ0) is 26.1. The van der Waals surface area contributed by atoms with E-state index in [1.807, 2.05) is 21.3 Å². The lowest BCUT2D eigenvalue weighted by atomic mass is 9.96. The summed E-state index contributed by atoms with van der Waals surface area (Å²) in [5.74, 6) is 0.215. The normalized spacial score (nSPS) is 17.8. The van der Waals surface area contributed by atoms with Gasteiger partial charge in [-0.1, -0.05) is 13.8 Å². The highest BCUT2D eigenvalue weighted by Gasteiger charge is 2.33. The third-order valence-corrected chi connectivity index (χ3v) is 8.17. The number of nitriles is 1. The van der Waals surface area contributed by atoms with Crippen LogP contribution in [0.3, 0.4) is 0 Å². The van der Waals surface area contributed by atoms with Crippen molar-refractivity contribution >= 4 is 21.9 Å². The maximum absolute atomic E-state index is 13.4. The first-order valence-electron chi connectivity index (χ1n) is 12.4. The third-order valence-electron chi connectivity index (χ3n) is 6.73. The molecule has 7 nitrogen and oxygen atoms in total. The molecule has 4 aromatic rings. The number of nitrogens with zero attached hydrogens (tertiary/aromatic N) is 6. The Labute approximate surface area is 218 Å². The highest BCUT2D eigenvalue weighted by molar-refractivity contribution is 7.82. The summed E-state index contributed by atoms with van der Waals surface area (Å²) in [6.07, 6.45) is 3.38. The van der Waals surface area contributed by atoms with Crippen molar-refractivity contribution in [3.05, 3.63) is 83.6 Å². The predicted molar refractivity (Wildman–Crippen MR) is 142 cm³/mol. The molecule has 2 unspecified atom stereocenters. The molecule has 190 valence electrons. The van der Waals surface area contributed by atoms with Crippen molar-refractivity contribution in [2.24, 2.45) is 5.92 Å². The molecule has 1 aliphatic heterocycles. The summed E-state index contributed by atoms with van der Waals surface area (Å²) < 4.78 is 30.7. The minimum Gasteiger partial charge on any atom is -0.293 e. The van der Waals surface area contributed by atoms with Crippen molar-refractivity contribution in [3.8, 4) is 11.8 Å². The van der Waals surface area contributed by atoms with Crippen molar-refractivity contribution in [1.29, 1.82) is 5.26 Å². The fourth-order valence-electron chi connectivity index (χ4n) is 4.97. The molecule has 5 rings (SSSR count). The Morgan fingerprint density at radius 1 is 1.14 bits per heavy atom. The van der Waals surface area contributed by atoms with E-state index in [0.717, 1.165) is 35.2 Å². The quantitative estimate of drug-likeness (QED) is 0.369. The number of piperazine rings is 1. The van der Waals surface area contributed by atoms with Gasteiger partial charge >= 0.3 is 0 Å². The maximum atomic E-state index is 13.4. The van der Waals surface area contributed by atoms with Crippen LogP contribution < -0.4 is 0 Å². The fraction of sp³-hybridized carbons (Fsp3) is 0.321. The Morgan fingerprint density at radius 3 is 2.59 bits per heavy atom. The van der Waals surface area contributed by atoms with Gasteiger partial charge in [-0.2, -0.15) is 10.4 Å². The van der Waals surface area contributed by atoms with Gasteiger partial charge in [0.25, 0.3) is 0 Å². The number of pyridine rings is 1. The second-order valence-electron chi connectivity index (χ2n) is 9.83. The lowest BCUT2D eigenvalue weighted by Crippen LogP contribution is -2.50. The summed E-state index contributed by atoms with van der Waals surface area (Å²) >= 11 is 0. The van der Waals surface area contributed by atoms with E-state index in [9.17, 15) is 8.60 Å². The zero-order valence-electron chi connectivity index (χ0n) is 21.1. The van der Waals surface area contributed by atoms with Crippen LogP contribution in [0.2, 0.25) is 0 Å². The number of aromatic nitrogens is 3. The van der Waals surface area contributed by atoms with Gasteiger partial charge in [0.1, 0.15) is 28.6 Å². The van der Waals surface area contributed by atoms with Crippen LogP contribution in [-0.2, 0) is 11.0 Å². The SMILES string of the molecule is Cc1cc2c(cnn2-c2ccc(F)cc2)cc1C1CN(S(=O)c2ccc(C#N)nc2)CCN1CC(C)C. The van der Waals surface area contributed by atoms with Crippen molar-refractivity contribution in [3.63, 3.8) is 0 Å². The van der Waals surface area contributed by atoms with Gasteiger partial charge in [-0.25, -0.2) is 22.6 Å². The van der Waals surface area contributed by atoms with Crippen molar-refractivity contribution < 1.29 is 8.60 Å². The number of halogens is 1. The molecular weight excluding hydrogens is 487 g/mol. The second kappa shape index (κ2) is 10.5. The van der Waals surface area contributed by atoms with E-state index in [4.69, 9.17) is 5.26 Å². The Balaban J connectivity index is 1.48. The molecule has 0 saturated carbocycles. The Morgan fingerprint density at radius 2 is 1.92 bits per heavy atom. The molecule has 1 fully saturated rings. The number of hydrogen-bond donors (Lipinski definition) is 0. The highest BCUT2D eigenvalue weighted by Crippen LogP contribution is 2.33. The molecule has 0 spiro atoms. The molecular formula is C28H29FN6OS. The summed E-state index contributed by atoms with van der Waals surface area (Å²) in [5.41, 5.74) is 4.39. The van der Waals surface area contributed by atoms with Gasteiger partial charge in [0, 0.05) is 43.8 Å². The highest BCUT2D eigenvalue weighted by atomic mass is 32.2. The van der Waals surface area contributed by atoms with Crippen molar-refractivity contribution in [1.82, 2.24) is 24.0 Å². The Hall–Kier alpha value is -3.45. The van der Waals surface area contributed by atoms with Crippen molar-refractivity contribution in [2.45, 2.75) is 31.7 Å². The summed E-state index contributed by atoms with van der Waals surface area (Å²) in [4.78, 5) is 7.18. The molecule has 0 bridgehead atoms. The number of aryl methyl sites for hydroxylation is 1. The third kappa shape index (κ3) is 5.18. The molecule has 37 heavy (non-hydrogen) atoms. The molecule has 1 saturated heterocycles. The second-order valence-corrected chi connectivity index (χ2v) is 11.3. The van der Waals surface area contributed by atoms with E-state index in [2.05, 4.69) is 47.9 Å². The van der Waals surface area contributed by atoms with Gasteiger partial charge in [0.2, 0.25) is 0 Å². The molecule has 0 N–H and O–H groups in total. The molecule has 0 radical (unpaired) electrons. The van der Waals surface area contributed by atoms with Gasteiger partial charge in [0.05, 0.1) is 22.3 Å². The first-order chi connectivity index (χ1) is 17.8. The summed E-state index contributed by atoms with van der Waals surface area (Å²) in [6.45, 7) is 9.56. The molecule has 2 aromatic carbocycles. The van der Waals surface area contributed by atoms with Crippen LogP contribution in [0.25, 0.3) is 16.6 Å². The van der Waals surface area contributed by atoms with Crippen LogP contribution in [0.4, 0.5) is 4.39 Å². The Bertz CT molecular complexity index is 1480. The minimum absolute atomic E-state index is 0.0602. The van der Waals surface area contributed by atoms with Gasteiger partial charge in [0.15, 0.2) is 0 Å². The maximum Gasteiger partial charge on any atom is 0.140 e. The lowest BCUT2D eigenvalue weighted by molar-refractivity contribution is 0.107. The number of rotatable bonds is 6. The smallest absolute Gasteiger partial charge is 0.140 e. The van der Waals surface area contributed by atoms with E-state index >= 15 is 0 Å². The first-order valence-corrected chi connectivity index (χ1v) is 13.5. The van der Waals surface area contributed by atoms with Gasteiger partial charge < -0.3 is 0 Å². The Kier molecular flexibility index (Phi) is 7.15. The van der Waals surface area contributed by atoms with E-state index in [-0.39, 0.29) is 11.9 Å². The molecule has 2 atom stereocenters. The first kappa shape index (κ1) is 25.2. The summed E-state index contributed by atoms with van der Waals surface area (Å²) in [6, 6.07) is 16.0. The summed E-state index contributed by atoms with van der Waals surface area (Å²) in [7, 11) is -1.37. The number of hydrogen-bond acceptors (Lipinski definition) is 5. The van der Waals surface area contributed by atoms with Crippen LogP contribution >= 0.6 is 0 Å². The zero-order valence-corrected chi connectivity index (χ0v) is 22.0. The van der Waals surface area contributed by atoms with Crippen molar-refractivity contribution in [2.75, 3.05) is 26.2 Å².